The number of carbonyl (C=O) groups is 2. The molecule has 8 heteroatoms. The van der Waals surface area contributed by atoms with Crippen LogP contribution in [0, 0.1) is 0 Å². The van der Waals surface area contributed by atoms with E-state index in [4.69, 9.17) is 0 Å². The first-order valence-corrected chi connectivity index (χ1v) is 8.39. The van der Waals surface area contributed by atoms with Gasteiger partial charge in [-0.1, -0.05) is 6.07 Å². The highest BCUT2D eigenvalue weighted by Gasteiger charge is 2.13. The van der Waals surface area contributed by atoms with Crippen LogP contribution in [0.15, 0.2) is 59.7 Å². The van der Waals surface area contributed by atoms with E-state index in [1.54, 1.807) is 48.7 Å². The number of hydrogen-bond donors (Lipinski definition) is 3. The minimum absolute atomic E-state index is 0.0262. The highest BCUT2D eigenvalue weighted by Crippen LogP contribution is 2.14. The number of rotatable bonds is 4. The normalized spacial score (nSPS) is 10.6. The fourth-order valence-electron chi connectivity index (χ4n) is 2.45. The lowest BCUT2D eigenvalue weighted by atomic mass is 10.2. The second-order valence-corrected chi connectivity index (χ2v) is 6.19. The quantitative estimate of drug-likeness (QED) is 0.660. The van der Waals surface area contributed by atoms with Crippen molar-refractivity contribution in [2.75, 3.05) is 10.6 Å². The lowest BCUT2D eigenvalue weighted by molar-refractivity contribution is 0.102. The number of anilines is 2. The number of benzene rings is 1. The summed E-state index contributed by atoms with van der Waals surface area (Å²) in [6.45, 7) is 3.73. The molecule has 0 aliphatic heterocycles. The highest BCUT2D eigenvalue weighted by atomic mass is 16.2. The van der Waals surface area contributed by atoms with Gasteiger partial charge in [0, 0.05) is 29.8 Å². The Morgan fingerprint density at radius 1 is 1.00 bits per heavy atom. The number of nitrogens with one attached hydrogen (secondary N) is 3. The molecule has 0 unspecified atom stereocenters. The molecule has 0 spiro atoms. The summed E-state index contributed by atoms with van der Waals surface area (Å²) in [6.07, 6.45) is 2.82. The van der Waals surface area contributed by atoms with E-state index in [9.17, 15) is 14.4 Å². The van der Waals surface area contributed by atoms with Crippen LogP contribution in [0.25, 0.3) is 5.65 Å². The minimum atomic E-state index is -0.552. The summed E-state index contributed by atoms with van der Waals surface area (Å²) in [5.74, 6) is -0.552. The molecule has 2 aromatic heterocycles. The van der Waals surface area contributed by atoms with Crippen molar-refractivity contribution in [3.63, 3.8) is 0 Å². The molecule has 0 saturated heterocycles. The number of carbonyl (C=O) groups excluding carboxylic acids is 2. The third-order valence-electron chi connectivity index (χ3n) is 3.68. The molecule has 0 fully saturated rings. The fraction of sp³-hybridized carbons (Fsp3) is 0.158. The van der Waals surface area contributed by atoms with Crippen LogP contribution >= 0.6 is 0 Å². The Morgan fingerprint density at radius 2 is 1.67 bits per heavy atom. The Balaban J connectivity index is 1.72. The van der Waals surface area contributed by atoms with Crippen molar-refractivity contribution >= 4 is 29.0 Å². The molecule has 3 N–H and O–H groups in total. The van der Waals surface area contributed by atoms with Gasteiger partial charge in [0.05, 0.1) is 0 Å². The Kier molecular flexibility index (Phi) is 5.16. The van der Waals surface area contributed by atoms with E-state index in [1.165, 1.54) is 10.6 Å². The Labute approximate surface area is 155 Å². The van der Waals surface area contributed by atoms with Crippen molar-refractivity contribution in [1.29, 1.82) is 0 Å². The number of fused-ring (bicyclic) bond motifs is 1. The van der Waals surface area contributed by atoms with Gasteiger partial charge in [0.15, 0.2) is 0 Å². The zero-order chi connectivity index (χ0) is 19.4. The van der Waals surface area contributed by atoms with Crippen molar-refractivity contribution in [3.8, 4) is 0 Å². The lowest BCUT2D eigenvalue weighted by Gasteiger charge is -2.11. The van der Waals surface area contributed by atoms with E-state index >= 15 is 0 Å². The van der Waals surface area contributed by atoms with Gasteiger partial charge in [-0.15, -0.1) is 0 Å². The first-order valence-electron chi connectivity index (χ1n) is 8.39. The van der Waals surface area contributed by atoms with E-state index in [0.717, 1.165) is 0 Å². The van der Waals surface area contributed by atoms with Crippen LogP contribution in [0.3, 0.4) is 0 Å². The van der Waals surface area contributed by atoms with Crippen LogP contribution in [0.1, 0.15) is 24.2 Å². The molecule has 3 aromatic rings. The number of aromatic nitrogens is 2. The number of hydrogen-bond acceptors (Lipinski definition) is 4. The number of amides is 3. The monoisotopic (exact) mass is 365 g/mol. The third kappa shape index (κ3) is 4.30. The maximum absolute atomic E-state index is 12.4. The summed E-state index contributed by atoms with van der Waals surface area (Å²) < 4.78 is 1.31. The molecule has 8 nitrogen and oxygen atoms in total. The van der Waals surface area contributed by atoms with E-state index in [2.05, 4.69) is 20.9 Å². The van der Waals surface area contributed by atoms with Crippen molar-refractivity contribution in [2.24, 2.45) is 0 Å². The van der Waals surface area contributed by atoms with E-state index in [1.807, 2.05) is 13.8 Å². The van der Waals surface area contributed by atoms with Crippen LogP contribution in [0.5, 0.6) is 0 Å². The number of urea groups is 1. The molecule has 0 atom stereocenters. The van der Waals surface area contributed by atoms with Gasteiger partial charge >= 0.3 is 6.03 Å². The molecular weight excluding hydrogens is 346 g/mol. The maximum Gasteiger partial charge on any atom is 0.319 e. The first kappa shape index (κ1) is 18.1. The number of nitrogens with zero attached hydrogens (tertiary/aromatic N) is 2. The summed E-state index contributed by atoms with van der Waals surface area (Å²) in [7, 11) is 0. The molecule has 0 aliphatic rings. The maximum atomic E-state index is 12.4. The SMILES string of the molecule is CC(C)NC(=O)Nc1ccc(NC(=O)c2cnc3ccccn3c2=O)cc1. The molecule has 0 aliphatic carbocycles. The molecule has 3 amide bonds. The zero-order valence-electron chi connectivity index (χ0n) is 14.9. The molecule has 0 radical (unpaired) electrons. The van der Waals surface area contributed by atoms with Crippen molar-refractivity contribution < 1.29 is 9.59 Å². The molecule has 138 valence electrons. The Hall–Kier alpha value is -3.68. The predicted molar refractivity (Wildman–Crippen MR) is 103 cm³/mol. The summed E-state index contributed by atoms with van der Waals surface area (Å²) >= 11 is 0. The summed E-state index contributed by atoms with van der Waals surface area (Å²) in [4.78, 5) is 40.7. The fourth-order valence-corrected chi connectivity index (χ4v) is 2.45. The van der Waals surface area contributed by atoms with Gasteiger partial charge in [0.2, 0.25) is 0 Å². The third-order valence-corrected chi connectivity index (χ3v) is 3.68. The second kappa shape index (κ2) is 7.69. The largest absolute Gasteiger partial charge is 0.336 e. The summed E-state index contributed by atoms with van der Waals surface area (Å²) in [5, 5.41) is 8.06. The Morgan fingerprint density at radius 3 is 2.33 bits per heavy atom. The Bertz CT molecular complexity index is 1040. The van der Waals surface area contributed by atoms with Gasteiger partial charge in [0.25, 0.3) is 11.5 Å². The molecule has 0 bridgehead atoms. The van der Waals surface area contributed by atoms with E-state index in [-0.39, 0.29) is 17.6 Å². The van der Waals surface area contributed by atoms with Crippen LogP contribution in [-0.2, 0) is 0 Å². The van der Waals surface area contributed by atoms with Crippen molar-refractivity contribution in [1.82, 2.24) is 14.7 Å². The second-order valence-electron chi connectivity index (χ2n) is 6.19. The van der Waals surface area contributed by atoms with Crippen molar-refractivity contribution in [3.05, 3.63) is 70.8 Å². The van der Waals surface area contributed by atoms with Gasteiger partial charge in [-0.25, -0.2) is 9.78 Å². The first-order chi connectivity index (χ1) is 12.9. The minimum Gasteiger partial charge on any atom is -0.336 e. The van der Waals surface area contributed by atoms with Gasteiger partial charge in [-0.05, 0) is 50.2 Å². The topological polar surface area (TPSA) is 105 Å². The van der Waals surface area contributed by atoms with Gasteiger partial charge in [0.1, 0.15) is 11.2 Å². The van der Waals surface area contributed by atoms with Crippen molar-refractivity contribution in [2.45, 2.75) is 19.9 Å². The van der Waals surface area contributed by atoms with Crippen LogP contribution in [0.4, 0.5) is 16.2 Å². The van der Waals surface area contributed by atoms with Crippen LogP contribution in [-0.4, -0.2) is 27.4 Å². The standard InChI is InChI=1S/C19H19N5O3/c1-12(2)21-19(27)23-14-8-6-13(7-9-14)22-17(25)15-11-20-16-5-3-4-10-24(16)18(15)26/h3-12H,1-2H3,(H,22,25)(H2,21,23,27). The van der Waals surface area contributed by atoms with Gasteiger partial charge in [-0.3, -0.25) is 14.0 Å². The highest BCUT2D eigenvalue weighted by molar-refractivity contribution is 6.04. The van der Waals surface area contributed by atoms with Gasteiger partial charge in [-0.2, -0.15) is 0 Å². The smallest absolute Gasteiger partial charge is 0.319 e. The zero-order valence-corrected chi connectivity index (χ0v) is 14.9. The predicted octanol–water partition coefficient (Wildman–Crippen LogP) is 2.48. The molecule has 27 heavy (non-hydrogen) atoms. The average Bonchev–Trinajstić information content (AvgIpc) is 2.63. The lowest BCUT2D eigenvalue weighted by Crippen LogP contribution is -2.34. The van der Waals surface area contributed by atoms with Crippen LogP contribution < -0.4 is 21.5 Å². The van der Waals surface area contributed by atoms with Crippen LogP contribution in [0.2, 0.25) is 0 Å². The van der Waals surface area contributed by atoms with E-state index in [0.29, 0.717) is 17.0 Å². The summed E-state index contributed by atoms with van der Waals surface area (Å²) in [6, 6.07) is 11.4. The molecular formula is C19H19N5O3. The summed E-state index contributed by atoms with van der Waals surface area (Å²) in [5.41, 5.74) is 1.04. The number of pyridine rings is 1. The molecule has 2 heterocycles. The molecule has 3 rings (SSSR count). The molecule has 0 saturated carbocycles. The van der Waals surface area contributed by atoms with E-state index < -0.39 is 11.5 Å². The van der Waals surface area contributed by atoms with Gasteiger partial charge < -0.3 is 16.0 Å². The average molecular weight is 365 g/mol. The molecule has 1 aromatic carbocycles.